The zero-order valence-electron chi connectivity index (χ0n) is 19.4. The molecular weight excluding hydrogens is 444 g/mol. The molecule has 5 rings (SSSR count). The summed E-state index contributed by atoms with van der Waals surface area (Å²) in [7, 11) is 0. The average molecular weight is 473 g/mol. The molecule has 2 heterocycles. The third-order valence-corrected chi connectivity index (χ3v) is 6.46. The number of hydrogen-bond donors (Lipinski definition) is 1. The Bertz CT molecular complexity index is 1170. The predicted molar refractivity (Wildman–Crippen MR) is 129 cm³/mol. The van der Waals surface area contributed by atoms with E-state index in [4.69, 9.17) is 9.47 Å². The lowest BCUT2D eigenvalue weighted by atomic mass is 9.94. The summed E-state index contributed by atoms with van der Waals surface area (Å²) >= 11 is 0. The van der Waals surface area contributed by atoms with Crippen LogP contribution in [0.4, 0.5) is 0 Å². The zero-order chi connectivity index (χ0) is 24.0. The highest BCUT2D eigenvalue weighted by atomic mass is 16.7. The summed E-state index contributed by atoms with van der Waals surface area (Å²) in [4.78, 5) is 37.4. The lowest BCUT2D eigenvalue weighted by Gasteiger charge is -2.33. The molecule has 1 aliphatic heterocycles. The van der Waals surface area contributed by atoms with Gasteiger partial charge >= 0.3 is 0 Å². The van der Waals surface area contributed by atoms with E-state index in [0.717, 1.165) is 36.8 Å². The van der Waals surface area contributed by atoms with Crippen LogP contribution in [0.3, 0.4) is 0 Å². The van der Waals surface area contributed by atoms with Gasteiger partial charge in [0.25, 0.3) is 5.91 Å². The monoisotopic (exact) mass is 472 g/mol. The third kappa shape index (κ3) is 5.26. The van der Waals surface area contributed by atoms with Gasteiger partial charge in [0.15, 0.2) is 11.5 Å². The largest absolute Gasteiger partial charge is 0.454 e. The minimum absolute atomic E-state index is 0.112. The molecule has 1 atom stereocenters. The van der Waals surface area contributed by atoms with Gasteiger partial charge in [0.1, 0.15) is 11.7 Å². The molecule has 0 bridgehead atoms. The number of carbonyl (C=O) groups excluding carboxylic acids is 2. The molecule has 1 unspecified atom stereocenters. The summed E-state index contributed by atoms with van der Waals surface area (Å²) in [6.45, 7) is 0.348. The topological polar surface area (TPSA) is 93.7 Å². The Hall–Kier alpha value is -3.94. The van der Waals surface area contributed by atoms with Gasteiger partial charge in [-0.1, -0.05) is 55.7 Å². The van der Waals surface area contributed by atoms with Gasteiger partial charge in [0.05, 0.1) is 6.20 Å². The fraction of sp³-hybridized carbons (Fsp3) is 0.333. The van der Waals surface area contributed by atoms with E-state index in [1.54, 1.807) is 4.90 Å². The van der Waals surface area contributed by atoms with Gasteiger partial charge < -0.3 is 19.7 Å². The Morgan fingerprint density at radius 2 is 1.80 bits per heavy atom. The lowest BCUT2D eigenvalue weighted by Crippen LogP contribution is -2.47. The Morgan fingerprint density at radius 1 is 1.00 bits per heavy atom. The fourth-order valence-electron chi connectivity index (χ4n) is 4.71. The normalized spacial score (nSPS) is 15.9. The van der Waals surface area contributed by atoms with Crippen molar-refractivity contribution in [3.8, 4) is 11.5 Å². The zero-order valence-corrected chi connectivity index (χ0v) is 19.4. The third-order valence-electron chi connectivity index (χ3n) is 6.46. The number of nitrogens with one attached hydrogen (secondary N) is 1. The van der Waals surface area contributed by atoms with Gasteiger partial charge in [-0.3, -0.25) is 14.6 Å². The predicted octanol–water partition coefficient (Wildman–Crippen LogP) is 4.04. The van der Waals surface area contributed by atoms with Crippen LogP contribution in [0, 0.1) is 0 Å². The lowest BCUT2D eigenvalue weighted by molar-refractivity contribution is -0.127. The number of benzene rings is 2. The second-order valence-corrected chi connectivity index (χ2v) is 8.87. The van der Waals surface area contributed by atoms with Gasteiger partial charge in [-0.15, -0.1) is 0 Å². The van der Waals surface area contributed by atoms with Crippen LogP contribution < -0.4 is 14.8 Å². The minimum Gasteiger partial charge on any atom is -0.454 e. The van der Waals surface area contributed by atoms with Crippen molar-refractivity contribution in [1.29, 1.82) is 0 Å². The van der Waals surface area contributed by atoms with Crippen LogP contribution >= 0.6 is 0 Å². The first-order valence-electron chi connectivity index (χ1n) is 12.0. The number of amides is 2. The SMILES string of the molecule is O=C(NC1CCCCC1)C(c1ccccc1)N(Cc1ccc2c(c1)OCO2)C(=O)c1cnccn1. The molecule has 1 saturated carbocycles. The van der Waals surface area contributed by atoms with Crippen LogP contribution in [0.5, 0.6) is 11.5 Å². The van der Waals surface area contributed by atoms with E-state index in [2.05, 4.69) is 15.3 Å². The molecule has 1 aromatic heterocycles. The Morgan fingerprint density at radius 3 is 2.57 bits per heavy atom. The average Bonchev–Trinajstić information content (AvgIpc) is 3.38. The standard InChI is InChI=1S/C27H28N4O4/c32-26(30-21-9-5-2-6-10-21)25(20-7-3-1-4-8-20)31(27(33)22-16-28-13-14-29-22)17-19-11-12-23-24(15-19)35-18-34-23/h1,3-4,7-8,11-16,21,25H,2,5-6,9-10,17-18H2,(H,30,32). The number of aromatic nitrogens is 2. The van der Waals surface area contributed by atoms with Gasteiger partial charge in [-0.05, 0) is 36.1 Å². The van der Waals surface area contributed by atoms with E-state index in [9.17, 15) is 9.59 Å². The van der Waals surface area contributed by atoms with Crippen molar-refractivity contribution in [3.63, 3.8) is 0 Å². The summed E-state index contributed by atoms with van der Waals surface area (Å²) < 4.78 is 11.0. The summed E-state index contributed by atoms with van der Waals surface area (Å²) in [6, 6.07) is 14.2. The number of ether oxygens (including phenoxy) is 2. The minimum atomic E-state index is -0.835. The maximum Gasteiger partial charge on any atom is 0.275 e. The summed E-state index contributed by atoms with van der Waals surface area (Å²) in [6.07, 6.45) is 9.71. The number of hydrogen-bond acceptors (Lipinski definition) is 6. The van der Waals surface area contributed by atoms with E-state index in [1.807, 2.05) is 48.5 Å². The highest BCUT2D eigenvalue weighted by molar-refractivity contribution is 5.96. The molecule has 2 aliphatic rings. The van der Waals surface area contributed by atoms with E-state index < -0.39 is 6.04 Å². The highest BCUT2D eigenvalue weighted by Gasteiger charge is 2.34. The van der Waals surface area contributed by atoms with Crippen LogP contribution in [0.2, 0.25) is 0 Å². The molecule has 0 spiro atoms. The molecule has 180 valence electrons. The Labute approximate surface area is 204 Å². The molecule has 35 heavy (non-hydrogen) atoms. The van der Waals surface area contributed by atoms with Crippen molar-refractivity contribution in [3.05, 3.63) is 83.9 Å². The molecule has 0 saturated heterocycles. The molecule has 1 N–H and O–H groups in total. The summed E-state index contributed by atoms with van der Waals surface area (Å²) in [5, 5.41) is 3.22. The first-order chi connectivity index (χ1) is 17.2. The number of nitrogens with zero attached hydrogens (tertiary/aromatic N) is 3. The molecule has 1 fully saturated rings. The Balaban J connectivity index is 1.52. The molecule has 0 radical (unpaired) electrons. The van der Waals surface area contributed by atoms with Gasteiger partial charge in [0, 0.05) is 25.0 Å². The molecule has 8 heteroatoms. The van der Waals surface area contributed by atoms with Crippen molar-refractivity contribution in [2.24, 2.45) is 0 Å². The van der Waals surface area contributed by atoms with E-state index in [-0.39, 0.29) is 36.9 Å². The molecule has 1 aliphatic carbocycles. The first kappa shape index (κ1) is 22.8. The van der Waals surface area contributed by atoms with E-state index >= 15 is 0 Å². The van der Waals surface area contributed by atoms with Crippen molar-refractivity contribution >= 4 is 11.8 Å². The number of fused-ring (bicyclic) bond motifs is 1. The second-order valence-electron chi connectivity index (χ2n) is 8.87. The van der Waals surface area contributed by atoms with Crippen molar-refractivity contribution in [2.75, 3.05) is 6.79 Å². The first-order valence-corrected chi connectivity index (χ1v) is 12.0. The van der Waals surface area contributed by atoms with Crippen LogP contribution in [0.15, 0.2) is 67.1 Å². The summed E-state index contributed by atoms with van der Waals surface area (Å²) in [5.74, 6) is 0.719. The van der Waals surface area contributed by atoms with Crippen molar-refractivity contribution in [1.82, 2.24) is 20.2 Å². The van der Waals surface area contributed by atoms with Crippen LogP contribution in [-0.4, -0.2) is 39.5 Å². The van der Waals surface area contributed by atoms with Crippen LogP contribution in [-0.2, 0) is 11.3 Å². The van der Waals surface area contributed by atoms with Gasteiger partial charge in [-0.25, -0.2) is 4.98 Å². The van der Waals surface area contributed by atoms with Gasteiger partial charge in [-0.2, -0.15) is 0 Å². The van der Waals surface area contributed by atoms with Crippen LogP contribution in [0.25, 0.3) is 0 Å². The molecule has 2 aromatic carbocycles. The quantitative estimate of drug-likeness (QED) is 0.558. The highest BCUT2D eigenvalue weighted by Crippen LogP contribution is 2.34. The second kappa shape index (κ2) is 10.5. The van der Waals surface area contributed by atoms with Crippen LogP contribution in [0.1, 0.15) is 59.8 Å². The smallest absolute Gasteiger partial charge is 0.275 e. The molecule has 2 amide bonds. The maximum atomic E-state index is 13.8. The summed E-state index contributed by atoms with van der Waals surface area (Å²) in [5.41, 5.74) is 1.73. The fourth-order valence-corrected chi connectivity index (χ4v) is 4.71. The molecule has 8 nitrogen and oxygen atoms in total. The van der Waals surface area contributed by atoms with Crippen molar-refractivity contribution < 1.29 is 19.1 Å². The van der Waals surface area contributed by atoms with Crippen molar-refractivity contribution in [2.45, 2.75) is 50.7 Å². The van der Waals surface area contributed by atoms with E-state index in [1.165, 1.54) is 25.0 Å². The van der Waals surface area contributed by atoms with E-state index in [0.29, 0.717) is 11.5 Å². The number of rotatable bonds is 7. The number of carbonyl (C=O) groups is 2. The molecule has 3 aromatic rings. The Kier molecular flexibility index (Phi) is 6.88. The molecular formula is C27H28N4O4. The van der Waals surface area contributed by atoms with Gasteiger partial charge in [0.2, 0.25) is 12.7 Å². The maximum absolute atomic E-state index is 13.8.